The monoisotopic (exact) mass is 471 g/mol. The van der Waals surface area contributed by atoms with Crippen molar-refractivity contribution in [2.24, 2.45) is 0 Å². The summed E-state index contributed by atoms with van der Waals surface area (Å²) >= 11 is 6.43. The highest BCUT2D eigenvalue weighted by atomic mass is 35.5. The van der Waals surface area contributed by atoms with Gasteiger partial charge in [0.1, 0.15) is 17.6 Å². The number of anilines is 1. The Morgan fingerprint density at radius 1 is 1.06 bits per heavy atom. The third kappa shape index (κ3) is 4.06. The van der Waals surface area contributed by atoms with Gasteiger partial charge in [-0.2, -0.15) is 0 Å². The molecule has 0 spiro atoms. The minimum Gasteiger partial charge on any atom is -0.497 e. The van der Waals surface area contributed by atoms with Gasteiger partial charge in [0.05, 0.1) is 35.6 Å². The second-order valence-corrected chi connectivity index (χ2v) is 8.38. The van der Waals surface area contributed by atoms with Crippen molar-refractivity contribution in [2.75, 3.05) is 12.4 Å². The first-order valence-corrected chi connectivity index (χ1v) is 11.2. The largest absolute Gasteiger partial charge is 0.497 e. The van der Waals surface area contributed by atoms with E-state index in [1.165, 1.54) is 6.33 Å². The third-order valence-corrected chi connectivity index (χ3v) is 6.13. The Balaban J connectivity index is 1.62. The van der Waals surface area contributed by atoms with Crippen molar-refractivity contribution in [1.29, 1.82) is 0 Å². The summed E-state index contributed by atoms with van der Waals surface area (Å²) in [5, 5.41) is 5.15. The molecule has 3 heterocycles. The third-order valence-electron chi connectivity index (χ3n) is 5.81. The van der Waals surface area contributed by atoms with Crippen LogP contribution in [-0.2, 0) is 6.54 Å². The minimum atomic E-state index is -0.255. The molecule has 34 heavy (non-hydrogen) atoms. The molecule has 0 saturated carbocycles. The lowest BCUT2D eigenvalue weighted by Crippen LogP contribution is -2.27. The van der Waals surface area contributed by atoms with Gasteiger partial charge in [-0.15, -0.1) is 0 Å². The average Bonchev–Trinajstić information content (AvgIpc) is 2.86. The Hall–Kier alpha value is -3.97. The van der Waals surface area contributed by atoms with Crippen LogP contribution in [0.4, 0.5) is 5.82 Å². The van der Waals surface area contributed by atoms with Gasteiger partial charge in [0.25, 0.3) is 5.56 Å². The summed E-state index contributed by atoms with van der Waals surface area (Å²) in [4.78, 5) is 26.8. The Bertz CT molecular complexity index is 1540. The van der Waals surface area contributed by atoms with Crippen LogP contribution in [-0.4, -0.2) is 26.6 Å². The van der Waals surface area contributed by atoms with E-state index in [1.54, 1.807) is 23.9 Å². The van der Waals surface area contributed by atoms with Gasteiger partial charge in [-0.05, 0) is 54.3 Å². The SMILES string of the molecule is COc1ccc(Cn2c(C(C)Nc3ncnc4cccnc34)cc3cccc(Cl)c3c2=O)cc1. The van der Waals surface area contributed by atoms with E-state index >= 15 is 0 Å². The summed E-state index contributed by atoms with van der Waals surface area (Å²) in [6.45, 7) is 2.38. The molecule has 0 radical (unpaired) electrons. The smallest absolute Gasteiger partial charge is 0.260 e. The minimum absolute atomic E-state index is 0.145. The predicted molar refractivity (Wildman–Crippen MR) is 135 cm³/mol. The van der Waals surface area contributed by atoms with Crippen LogP contribution in [0.5, 0.6) is 5.75 Å². The van der Waals surface area contributed by atoms with Crippen molar-refractivity contribution in [3.8, 4) is 5.75 Å². The number of rotatable bonds is 6. The Labute approximate surface area is 201 Å². The van der Waals surface area contributed by atoms with Gasteiger partial charge in [-0.25, -0.2) is 9.97 Å². The molecule has 0 saturated heterocycles. The van der Waals surface area contributed by atoms with Crippen molar-refractivity contribution in [2.45, 2.75) is 19.5 Å². The van der Waals surface area contributed by atoms with Gasteiger partial charge in [0.2, 0.25) is 0 Å². The molecule has 1 unspecified atom stereocenters. The highest BCUT2D eigenvalue weighted by Gasteiger charge is 2.18. The van der Waals surface area contributed by atoms with Crippen LogP contribution in [0, 0.1) is 0 Å². The number of nitrogens with zero attached hydrogens (tertiary/aromatic N) is 4. The van der Waals surface area contributed by atoms with Crippen LogP contribution in [0.1, 0.15) is 24.2 Å². The summed E-state index contributed by atoms with van der Waals surface area (Å²) in [5.74, 6) is 1.36. The van der Waals surface area contributed by atoms with Crippen molar-refractivity contribution in [3.05, 3.63) is 99.8 Å². The predicted octanol–water partition coefficient (Wildman–Crippen LogP) is 5.22. The molecule has 0 fully saturated rings. The van der Waals surface area contributed by atoms with Crippen LogP contribution in [0.25, 0.3) is 21.8 Å². The van der Waals surface area contributed by atoms with Gasteiger partial charge >= 0.3 is 0 Å². The van der Waals surface area contributed by atoms with E-state index in [-0.39, 0.29) is 11.6 Å². The average molecular weight is 472 g/mol. The second-order valence-electron chi connectivity index (χ2n) is 7.97. The molecule has 0 aliphatic heterocycles. The molecule has 8 heteroatoms. The Morgan fingerprint density at radius 2 is 1.88 bits per heavy atom. The lowest BCUT2D eigenvalue weighted by atomic mass is 10.1. The summed E-state index contributed by atoms with van der Waals surface area (Å²) in [7, 11) is 1.63. The van der Waals surface area contributed by atoms with Crippen LogP contribution in [0.15, 0.2) is 78.0 Å². The molecule has 5 aromatic rings. The zero-order valence-electron chi connectivity index (χ0n) is 18.7. The maximum Gasteiger partial charge on any atom is 0.260 e. The number of methoxy groups -OCH3 is 1. The lowest BCUT2D eigenvalue weighted by Gasteiger charge is -2.22. The first-order valence-electron chi connectivity index (χ1n) is 10.8. The van der Waals surface area contributed by atoms with Gasteiger partial charge in [-0.1, -0.05) is 35.9 Å². The standard InChI is InChI=1S/C26H22ClN5O2/c1-16(31-25-24-21(29-15-30-25)7-4-12-28-24)22-13-18-5-3-6-20(27)23(18)26(33)32(22)14-17-8-10-19(34-2)11-9-17/h3-13,15-16H,14H2,1-2H3,(H,29,30,31). The number of pyridine rings is 2. The zero-order valence-corrected chi connectivity index (χ0v) is 19.5. The fraction of sp³-hybridized carbons (Fsp3) is 0.154. The van der Waals surface area contributed by atoms with E-state index in [4.69, 9.17) is 16.3 Å². The first-order chi connectivity index (χ1) is 16.5. The molecule has 7 nitrogen and oxygen atoms in total. The van der Waals surface area contributed by atoms with Crippen molar-refractivity contribution >= 4 is 39.2 Å². The number of hydrogen-bond acceptors (Lipinski definition) is 6. The molecule has 0 bridgehead atoms. The van der Waals surface area contributed by atoms with Gasteiger partial charge < -0.3 is 14.6 Å². The molecule has 0 aliphatic rings. The van der Waals surface area contributed by atoms with E-state index in [1.807, 2.05) is 61.5 Å². The van der Waals surface area contributed by atoms with Gasteiger partial charge in [0.15, 0.2) is 5.82 Å². The summed E-state index contributed by atoms with van der Waals surface area (Å²) in [6, 6.07) is 18.6. The normalized spacial score (nSPS) is 12.1. The number of aromatic nitrogens is 4. The summed E-state index contributed by atoms with van der Waals surface area (Å²) < 4.78 is 7.02. The van der Waals surface area contributed by atoms with Crippen molar-refractivity contribution < 1.29 is 4.74 Å². The number of hydrogen-bond donors (Lipinski definition) is 1. The Kier molecular flexibility index (Phi) is 5.86. The molecule has 1 N–H and O–H groups in total. The molecule has 0 aliphatic carbocycles. The molecule has 1 atom stereocenters. The van der Waals surface area contributed by atoms with Crippen LogP contribution >= 0.6 is 11.6 Å². The van der Waals surface area contributed by atoms with E-state index < -0.39 is 0 Å². The summed E-state index contributed by atoms with van der Waals surface area (Å²) in [5.41, 5.74) is 3.04. The highest BCUT2D eigenvalue weighted by Crippen LogP contribution is 2.27. The Morgan fingerprint density at radius 3 is 2.68 bits per heavy atom. The number of ether oxygens (including phenoxy) is 1. The van der Waals surface area contributed by atoms with Crippen LogP contribution in [0.2, 0.25) is 5.02 Å². The molecule has 5 rings (SSSR count). The maximum atomic E-state index is 13.7. The lowest BCUT2D eigenvalue weighted by molar-refractivity contribution is 0.414. The van der Waals surface area contributed by atoms with Gasteiger partial charge in [0, 0.05) is 11.9 Å². The van der Waals surface area contributed by atoms with E-state index in [0.29, 0.717) is 28.3 Å². The summed E-state index contributed by atoms with van der Waals surface area (Å²) in [6.07, 6.45) is 3.21. The quantitative estimate of drug-likeness (QED) is 0.365. The molecule has 3 aromatic heterocycles. The van der Waals surface area contributed by atoms with E-state index in [0.717, 1.165) is 27.9 Å². The van der Waals surface area contributed by atoms with E-state index in [2.05, 4.69) is 20.3 Å². The topological polar surface area (TPSA) is 81.9 Å². The number of halogens is 1. The fourth-order valence-electron chi connectivity index (χ4n) is 4.09. The number of benzene rings is 2. The molecular weight excluding hydrogens is 450 g/mol. The van der Waals surface area contributed by atoms with Gasteiger partial charge in [-0.3, -0.25) is 9.78 Å². The second kappa shape index (κ2) is 9.11. The molecule has 170 valence electrons. The van der Waals surface area contributed by atoms with Crippen molar-refractivity contribution in [3.63, 3.8) is 0 Å². The fourth-order valence-corrected chi connectivity index (χ4v) is 4.35. The molecular formula is C26H22ClN5O2. The van der Waals surface area contributed by atoms with Crippen LogP contribution < -0.4 is 15.6 Å². The zero-order chi connectivity index (χ0) is 23.7. The number of nitrogens with one attached hydrogen (secondary N) is 1. The number of fused-ring (bicyclic) bond motifs is 2. The maximum absolute atomic E-state index is 13.7. The molecule has 0 amide bonds. The van der Waals surface area contributed by atoms with Crippen LogP contribution in [0.3, 0.4) is 0 Å². The molecule has 2 aromatic carbocycles. The highest BCUT2D eigenvalue weighted by molar-refractivity contribution is 6.35. The van der Waals surface area contributed by atoms with Crippen molar-refractivity contribution in [1.82, 2.24) is 19.5 Å². The van der Waals surface area contributed by atoms with E-state index in [9.17, 15) is 4.79 Å². The first kappa shape index (κ1) is 21.9.